The molecular formula is C12H8BrMgN. The lowest BCUT2D eigenvalue weighted by molar-refractivity contribution is 1.56. The number of para-hydroxylation sites is 2. The van der Waals surface area contributed by atoms with E-state index in [1.54, 1.807) is 0 Å². The van der Waals surface area contributed by atoms with Gasteiger partial charge in [0.15, 0.2) is 0 Å². The molecule has 3 rings (SSSR count). The number of H-pyrrole nitrogens is 1. The Kier molecular flexibility index (Phi) is 2.46. The molecule has 3 heteroatoms. The zero-order chi connectivity index (χ0) is 10.3. The van der Waals surface area contributed by atoms with Crippen LogP contribution in [0.4, 0.5) is 0 Å². The van der Waals surface area contributed by atoms with Gasteiger partial charge in [0, 0.05) is 21.8 Å². The maximum atomic E-state index is 3.65. The number of hydrogen-bond acceptors (Lipinski definition) is 0. The van der Waals surface area contributed by atoms with Crippen molar-refractivity contribution in [3.63, 3.8) is 0 Å². The quantitative estimate of drug-likeness (QED) is 0.654. The molecule has 0 aliphatic rings. The van der Waals surface area contributed by atoms with Crippen molar-refractivity contribution in [1.82, 2.24) is 4.98 Å². The summed E-state index contributed by atoms with van der Waals surface area (Å²) < 4.78 is 1.45. The number of benzene rings is 2. The Morgan fingerprint density at radius 2 is 1.73 bits per heavy atom. The van der Waals surface area contributed by atoms with Gasteiger partial charge in [-0.3, -0.25) is 12.9 Å². The van der Waals surface area contributed by atoms with Gasteiger partial charge in [-0.15, -0.1) is 3.69 Å². The lowest BCUT2D eigenvalue weighted by Gasteiger charge is -1.96. The fraction of sp³-hybridized carbons (Fsp3) is 0. The zero-order valence-corrected chi connectivity index (χ0v) is 11.1. The maximum absolute atomic E-state index is 3.65. The lowest BCUT2D eigenvalue weighted by Crippen LogP contribution is -2.08. The molecule has 1 aromatic heterocycles. The summed E-state index contributed by atoms with van der Waals surface area (Å²) in [6.45, 7) is 0. The SMILES string of the molecule is [Br][Mg][c]1cccc2c1[nH]c1ccccc12. The van der Waals surface area contributed by atoms with Crippen molar-refractivity contribution in [2.24, 2.45) is 0 Å². The van der Waals surface area contributed by atoms with E-state index in [1.165, 1.54) is 25.5 Å². The summed E-state index contributed by atoms with van der Waals surface area (Å²) in [5.41, 5.74) is 2.54. The van der Waals surface area contributed by atoms with Crippen molar-refractivity contribution in [3.8, 4) is 0 Å². The molecular weight excluding hydrogens is 262 g/mol. The van der Waals surface area contributed by atoms with Crippen molar-refractivity contribution in [2.45, 2.75) is 0 Å². The average Bonchev–Trinajstić information content (AvgIpc) is 2.67. The molecule has 0 spiro atoms. The molecule has 0 aliphatic heterocycles. The minimum absolute atomic E-state index is 0.295. The normalized spacial score (nSPS) is 10.7. The first-order valence-electron chi connectivity index (χ1n) is 4.94. The number of halogens is 1. The molecule has 3 aromatic rings. The highest BCUT2D eigenvalue weighted by Gasteiger charge is 2.06. The molecule has 0 atom stereocenters. The zero-order valence-electron chi connectivity index (χ0n) is 8.13. The van der Waals surface area contributed by atoms with E-state index >= 15 is 0 Å². The molecule has 0 fully saturated rings. The largest absolute Gasteiger partial charge is 0.510 e. The molecule has 1 nitrogen and oxygen atoms in total. The van der Waals surface area contributed by atoms with Gasteiger partial charge in [-0.25, -0.2) is 0 Å². The number of fused-ring (bicyclic) bond motifs is 3. The summed E-state index contributed by atoms with van der Waals surface area (Å²) in [7, 11) is 0. The predicted octanol–water partition coefficient (Wildman–Crippen LogP) is 2.96. The van der Waals surface area contributed by atoms with E-state index in [9.17, 15) is 0 Å². The van der Waals surface area contributed by atoms with Crippen molar-refractivity contribution in [1.29, 1.82) is 0 Å². The predicted molar refractivity (Wildman–Crippen MR) is 70.1 cm³/mol. The Morgan fingerprint density at radius 1 is 0.933 bits per heavy atom. The van der Waals surface area contributed by atoms with Crippen LogP contribution in [-0.2, 0) is 0 Å². The second-order valence-corrected chi connectivity index (χ2v) is 6.36. The van der Waals surface area contributed by atoms with Gasteiger partial charge in [-0.1, -0.05) is 36.4 Å². The minimum Gasteiger partial charge on any atom is -0.356 e. The Balaban J connectivity index is 2.53. The van der Waals surface area contributed by atoms with Gasteiger partial charge in [0.2, 0.25) is 0 Å². The minimum atomic E-state index is -0.295. The monoisotopic (exact) mass is 269 g/mol. The number of nitrogens with one attached hydrogen (secondary N) is 1. The summed E-state index contributed by atoms with van der Waals surface area (Å²) >= 11 is 3.36. The van der Waals surface area contributed by atoms with Crippen LogP contribution in [0.5, 0.6) is 0 Å². The molecule has 0 bridgehead atoms. The topological polar surface area (TPSA) is 15.8 Å². The van der Waals surface area contributed by atoms with Crippen LogP contribution in [0, 0.1) is 0 Å². The first-order chi connectivity index (χ1) is 7.40. The molecule has 0 radical (unpaired) electrons. The third-order valence-corrected chi connectivity index (χ3v) is 5.46. The van der Waals surface area contributed by atoms with Crippen LogP contribution in [-0.4, -0.2) is 23.2 Å². The fourth-order valence-electron chi connectivity index (χ4n) is 2.05. The fourth-order valence-corrected chi connectivity index (χ4v) is 4.08. The van der Waals surface area contributed by atoms with Gasteiger partial charge in [0.25, 0.3) is 0 Å². The van der Waals surface area contributed by atoms with Gasteiger partial charge in [0.05, 0.1) is 0 Å². The smallest absolute Gasteiger partial charge is 0.356 e. The number of aromatic nitrogens is 1. The molecule has 0 unspecified atom stereocenters. The van der Waals surface area contributed by atoms with Crippen LogP contribution in [0.1, 0.15) is 0 Å². The summed E-state index contributed by atoms with van der Waals surface area (Å²) in [6.07, 6.45) is 0. The molecule has 2 aromatic carbocycles. The number of rotatable bonds is 1. The standard InChI is InChI=1S/C12H8N.BrH.Mg/c1-3-7-11-9(5-1)10-6-2-4-8-12(10)13-11;;/h1-7,13H;1H;/q;;+1/p-1. The van der Waals surface area contributed by atoms with Gasteiger partial charge in [-0.2, -0.15) is 0 Å². The first-order valence-corrected chi connectivity index (χ1v) is 9.55. The van der Waals surface area contributed by atoms with E-state index < -0.39 is 0 Å². The number of aromatic amines is 1. The van der Waals surface area contributed by atoms with Gasteiger partial charge >= 0.3 is 18.2 Å². The molecule has 0 amide bonds. The Labute approximate surface area is 103 Å². The third kappa shape index (κ3) is 1.50. The number of hydrogen-bond donors (Lipinski definition) is 1. The van der Waals surface area contributed by atoms with Crippen molar-refractivity contribution >= 4 is 56.6 Å². The summed E-state index contributed by atoms with van der Waals surface area (Å²) in [5, 5.41) is 2.67. The Hall–Kier alpha value is -0.514. The summed E-state index contributed by atoms with van der Waals surface area (Å²) in [6, 6.07) is 15.0. The second kappa shape index (κ2) is 3.81. The second-order valence-electron chi connectivity index (χ2n) is 3.64. The molecule has 1 N–H and O–H groups in total. The van der Waals surface area contributed by atoms with Crippen LogP contribution in [0.3, 0.4) is 0 Å². The van der Waals surface area contributed by atoms with Crippen molar-refractivity contribution in [3.05, 3.63) is 42.5 Å². The van der Waals surface area contributed by atoms with Gasteiger partial charge in [0.1, 0.15) is 0 Å². The van der Waals surface area contributed by atoms with Gasteiger partial charge < -0.3 is 4.98 Å². The molecule has 70 valence electrons. The summed E-state index contributed by atoms with van der Waals surface area (Å²) in [4.78, 5) is 3.50. The highest BCUT2D eigenvalue weighted by atomic mass is 79.9. The van der Waals surface area contributed by atoms with Crippen molar-refractivity contribution < 1.29 is 0 Å². The highest BCUT2D eigenvalue weighted by molar-refractivity contribution is 9.23. The Morgan fingerprint density at radius 3 is 2.60 bits per heavy atom. The van der Waals surface area contributed by atoms with Crippen LogP contribution >= 0.6 is 12.9 Å². The van der Waals surface area contributed by atoms with Crippen LogP contribution in [0.2, 0.25) is 0 Å². The van der Waals surface area contributed by atoms with Crippen LogP contribution in [0.25, 0.3) is 21.8 Å². The third-order valence-electron chi connectivity index (χ3n) is 2.77. The molecule has 0 aliphatic carbocycles. The molecule has 15 heavy (non-hydrogen) atoms. The van der Waals surface area contributed by atoms with E-state index in [0.717, 1.165) is 0 Å². The van der Waals surface area contributed by atoms with Crippen LogP contribution < -0.4 is 3.69 Å². The van der Waals surface area contributed by atoms with Crippen LogP contribution in [0.15, 0.2) is 42.5 Å². The maximum Gasteiger partial charge on any atom is 0.510 e. The van der Waals surface area contributed by atoms with Crippen molar-refractivity contribution in [2.75, 3.05) is 0 Å². The van der Waals surface area contributed by atoms with E-state index in [2.05, 4.69) is 60.3 Å². The van der Waals surface area contributed by atoms with E-state index in [4.69, 9.17) is 0 Å². The van der Waals surface area contributed by atoms with E-state index in [1.807, 2.05) is 0 Å². The van der Waals surface area contributed by atoms with E-state index in [-0.39, 0.29) is 18.2 Å². The molecule has 0 saturated carbocycles. The van der Waals surface area contributed by atoms with Gasteiger partial charge in [-0.05, 0) is 6.07 Å². The molecule has 1 heterocycles. The Bertz CT molecular complexity index is 630. The highest BCUT2D eigenvalue weighted by Crippen LogP contribution is 2.23. The first kappa shape index (κ1) is 9.69. The lowest BCUT2D eigenvalue weighted by atomic mass is 10.1. The summed E-state index contributed by atoms with van der Waals surface area (Å²) in [5.74, 6) is 0. The average molecular weight is 270 g/mol. The molecule has 0 saturated heterocycles. The van der Waals surface area contributed by atoms with E-state index in [0.29, 0.717) is 0 Å².